The lowest BCUT2D eigenvalue weighted by atomic mass is 10.1. The maximum atomic E-state index is 11.6. The molecule has 1 aliphatic heterocycles. The summed E-state index contributed by atoms with van der Waals surface area (Å²) in [7, 11) is 0. The Morgan fingerprint density at radius 2 is 1.89 bits per heavy atom. The van der Waals surface area contributed by atoms with Crippen LogP contribution in [0.25, 0.3) is 6.08 Å². The van der Waals surface area contributed by atoms with Crippen molar-refractivity contribution in [3.63, 3.8) is 0 Å². The Hall–Kier alpha value is -2.43. The second-order valence-corrected chi connectivity index (χ2v) is 4.34. The molecule has 1 N–H and O–H groups in total. The molecule has 1 fully saturated rings. The molecule has 0 atom stereocenters. The third-order valence-electron chi connectivity index (χ3n) is 2.98. The van der Waals surface area contributed by atoms with Gasteiger partial charge in [0.05, 0.1) is 5.69 Å². The van der Waals surface area contributed by atoms with Crippen LogP contribution in [0.2, 0.25) is 0 Å². The number of anilines is 1. The molecule has 0 radical (unpaired) electrons. The molecule has 1 saturated heterocycles. The number of benzene rings is 1. The summed E-state index contributed by atoms with van der Waals surface area (Å²) in [6.07, 6.45) is 2.94. The van der Waals surface area contributed by atoms with Crippen molar-refractivity contribution in [2.45, 2.75) is 19.8 Å². The monoisotopic (exact) mass is 259 g/mol. The lowest BCUT2D eigenvalue weighted by Gasteiger charge is -2.15. The molecule has 1 aromatic rings. The summed E-state index contributed by atoms with van der Waals surface area (Å²) in [5, 5.41) is 8.63. The van der Waals surface area contributed by atoms with Crippen molar-refractivity contribution < 1.29 is 19.5 Å². The zero-order valence-electron chi connectivity index (χ0n) is 10.4. The van der Waals surface area contributed by atoms with E-state index in [9.17, 15) is 14.4 Å². The molecule has 2 amide bonds. The van der Waals surface area contributed by atoms with Crippen LogP contribution in [0, 0.1) is 6.92 Å². The highest BCUT2D eigenvalue weighted by atomic mass is 16.4. The van der Waals surface area contributed by atoms with Gasteiger partial charge in [0.15, 0.2) is 0 Å². The normalized spacial score (nSPS) is 15.5. The molecule has 98 valence electrons. The third-order valence-corrected chi connectivity index (χ3v) is 2.98. The first kappa shape index (κ1) is 13.0. The van der Waals surface area contributed by atoms with Gasteiger partial charge in [-0.3, -0.25) is 14.5 Å². The molecule has 0 aromatic heterocycles. The van der Waals surface area contributed by atoms with E-state index >= 15 is 0 Å². The smallest absolute Gasteiger partial charge is 0.328 e. The van der Waals surface area contributed by atoms with Gasteiger partial charge in [-0.1, -0.05) is 6.07 Å². The number of carbonyl (C=O) groups is 3. The van der Waals surface area contributed by atoms with Gasteiger partial charge in [0.1, 0.15) is 0 Å². The summed E-state index contributed by atoms with van der Waals surface area (Å²) in [4.78, 5) is 35.0. The summed E-state index contributed by atoms with van der Waals surface area (Å²) < 4.78 is 0. The van der Waals surface area contributed by atoms with Crippen LogP contribution in [0.15, 0.2) is 24.3 Å². The minimum atomic E-state index is -1.04. The van der Waals surface area contributed by atoms with Crippen LogP contribution in [0.1, 0.15) is 24.0 Å². The number of hydrogen-bond donors (Lipinski definition) is 1. The number of rotatable bonds is 3. The van der Waals surface area contributed by atoms with Gasteiger partial charge in [0.25, 0.3) is 0 Å². The predicted octanol–water partition coefficient (Wildman–Crippen LogP) is 1.75. The Bertz CT molecular complexity index is 573. The van der Waals surface area contributed by atoms with Crippen molar-refractivity contribution in [3.8, 4) is 0 Å². The van der Waals surface area contributed by atoms with Crippen LogP contribution in [0.3, 0.4) is 0 Å². The van der Waals surface area contributed by atoms with E-state index in [1.54, 1.807) is 18.2 Å². The van der Waals surface area contributed by atoms with E-state index in [2.05, 4.69) is 0 Å². The molecule has 0 unspecified atom stereocenters. The Morgan fingerprint density at radius 3 is 2.47 bits per heavy atom. The van der Waals surface area contributed by atoms with E-state index in [1.807, 2.05) is 6.92 Å². The maximum absolute atomic E-state index is 11.6. The third kappa shape index (κ3) is 2.70. The molecule has 2 rings (SSSR count). The van der Waals surface area contributed by atoms with E-state index in [0.717, 1.165) is 16.5 Å². The summed E-state index contributed by atoms with van der Waals surface area (Å²) in [5.41, 5.74) is 2.04. The topological polar surface area (TPSA) is 74.7 Å². The second-order valence-electron chi connectivity index (χ2n) is 4.34. The standard InChI is InChI=1S/C14H13NO4/c1-9-2-4-11(8-10(9)3-7-14(18)19)15-12(16)5-6-13(15)17/h2-4,7-8H,5-6H2,1H3,(H,18,19)/b7-3+. The van der Waals surface area contributed by atoms with Gasteiger partial charge in [0, 0.05) is 18.9 Å². The van der Waals surface area contributed by atoms with E-state index in [-0.39, 0.29) is 24.7 Å². The Morgan fingerprint density at radius 1 is 1.26 bits per heavy atom. The van der Waals surface area contributed by atoms with Gasteiger partial charge in [-0.2, -0.15) is 0 Å². The van der Waals surface area contributed by atoms with Crippen LogP contribution < -0.4 is 4.90 Å². The molecule has 0 spiro atoms. The van der Waals surface area contributed by atoms with Crippen LogP contribution in [-0.4, -0.2) is 22.9 Å². The van der Waals surface area contributed by atoms with Crippen LogP contribution in [0.4, 0.5) is 5.69 Å². The van der Waals surface area contributed by atoms with Gasteiger partial charge in [-0.15, -0.1) is 0 Å². The molecular formula is C14H13NO4. The van der Waals surface area contributed by atoms with Crippen molar-refractivity contribution in [1.82, 2.24) is 0 Å². The highest BCUT2D eigenvalue weighted by Crippen LogP contribution is 2.25. The van der Waals surface area contributed by atoms with Gasteiger partial charge >= 0.3 is 5.97 Å². The van der Waals surface area contributed by atoms with E-state index in [0.29, 0.717) is 11.3 Å². The number of amides is 2. The van der Waals surface area contributed by atoms with Crippen molar-refractivity contribution in [2.24, 2.45) is 0 Å². The second kappa shape index (κ2) is 5.06. The fraction of sp³-hybridized carbons (Fsp3) is 0.214. The molecule has 0 saturated carbocycles. The van der Waals surface area contributed by atoms with Gasteiger partial charge in [-0.05, 0) is 36.3 Å². The quantitative estimate of drug-likeness (QED) is 0.662. The SMILES string of the molecule is Cc1ccc(N2C(=O)CCC2=O)cc1/C=C/C(=O)O. The highest BCUT2D eigenvalue weighted by molar-refractivity contribution is 6.19. The van der Waals surface area contributed by atoms with Crippen LogP contribution >= 0.6 is 0 Å². The van der Waals surface area contributed by atoms with Gasteiger partial charge in [0.2, 0.25) is 11.8 Å². The summed E-state index contributed by atoms with van der Waals surface area (Å²) in [6, 6.07) is 5.10. The van der Waals surface area contributed by atoms with Crippen LogP contribution in [0.5, 0.6) is 0 Å². The summed E-state index contributed by atoms with van der Waals surface area (Å²) in [5.74, 6) is -1.48. The number of hydrogen-bond acceptors (Lipinski definition) is 3. The molecule has 1 aliphatic rings. The molecule has 1 aromatic carbocycles. The number of nitrogens with zero attached hydrogens (tertiary/aromatic N) is 1. The number of carboxylic acid groups (broad SMARTS) is 1. The number of carbonyl (C=O) groups excluding carboxylic acids is 2. The largest absolute Gasteiger partial charge is 0.478 e. The van der Waals surface area contributed by atoms with Gasteiger partial charge < -0.3 is 5.11 Å². The molecule has 0 aliphatic carbocycles. The van der Waals surface area contributed by atoms with E-state index in [1.165, 1.54) is 6.08 Å². The Balaban J connectivity index is 2.38. The molecule has 1 heterocycles. The lowest BCUT2D eigenvalue weighted by molar-refractivity contribution is -0.131. The minimum absolute atomic E-state index is 0.220. The number of aliphatic carboxylic acids is 1. The lowest BCUT2D eigenvalue weighted by Crippen LogP contribution is -2.28. The Kier molecular flexibility index (Phi) is 3.46. The van der Waals surface area contributed by atoms with Gasteiger partial charge in [-0.25, -0.2) is 4.79 Å². The fourth-order valence-corrected chi connectivity index (χ4v) is 1.97. The van der Waals surface area contributed by atoms with Crippen molar-refractivity contribution in [3.05, 3.63) is 35.4 Å². The number of carboxylic acids is 1. The van der Waals surface area contributed by atoms with E-state index in [4.69, 9.17) is 5.11 Å². The molecule has 19 heavy (non-hydrogen) atoms. The highest BCUT2D eigenvalue weighted by Gasteiger charge is 2.30. The first-order valence-electron chi connectivity index (χ1n) is 5.86. The maximum Gasteiger partial charge on any atom is 0.328 e. The van der Waals surface area contributed by atoms with Crippen LogP contribution in [-0.2, 0) is 14.4 Å². The predicted molar refractivity (Wildman–Crippen MR) is 69.6 cm³/mol. The Labute approximate surface area is 110 Å². The van der Waals surface area contributed by atoms with Crippen molar-refractivity contribution >= 4 is 29.5 Å². The fourth-order valence-electron chi connectivity index (χ4n) is 1.97. The average Bonchev–Trinajstić information content (AvgIpc) is 2.68. The number of imide groups is 1. The van der Waals surface area contributed by atoms with Crippen molar-refractivity contribution in [2.75, 3.05) is 4.90 Å². The summed E-state index contributed by atoms with van der Waals surface area (Å²) >= 11 is 0. The molecule has 5 heteroatoms. The first-order chi connectivity index (χ1) is 8.99. The molecular weight excluding hydrogens is 246 g/mol. The zero-order chi connectivity index (χ0) is 14.0. The van der Waals surface area contributed by atoms with E-state index < -0.39 is 5.97 Å². The minimum Gasteiger partial charge on any atom is -0.478 e. The molecule has 0 bridgehead atoms. The average molecular weight is 259 g/mol. The first-order valence-corrected chi connectivity index (χ1v) is 5.86. The van der Waals surface area contributed by atoms with Crippen molar-refractivity contribution in [1.29, 1.82) is 0 Å². The molecule has 5 nitrogen and oxygen atoms in total. The summed E-state index contributed by atoms with van der Waals surface area (Å²) in [6.45, 7) is 1.83. The zero-order valence-corrected chi connectivity index (χ0v) is 10.4. The number of aryl methyl sites for hydroxylation is 1.